The number of carbonyl (C=O) groups is 1. The molecule has 1 amide bonds. The molecule has 3 aromatic rings. The largest absolute Gasteiger partial charge is 0.456 e. The lowest BCUT2D eigenvalue weighted by Crippen LogP contribution is -2.09. The number of nitrogens with one attached hydrogen (secondary N) is 1. The van der Waals surface area contributed by atoms with Crippen molar-refractivity contribution in [1.82, 2.24) is 20.2 Å². The molecular weight excluding hydrogens is 352 g/mol. The van der Waals surface area contributed by atoms with Crippen molar-refractivity contribution in [2.24, 2.45) is 0 Å². The molecule has 0 saturated carbocycles. The van der Waals surface area contributed by atoms with E-state index >= 15 is 0 Å². The summed E-state index contributed by atoms with van der Waals surface area (Å²) in [5.41, 5.74) is 0.295. The maximum Gasteiger partial charge on any atom is 0.280 e. The Morgan fingerprint density at radius 2 is 2.15 bits per heavy atom. The van der Waals surface area contributed by atoms with E-state index in [1.807, 2.05) is 0 Å². The Labute approximate surface area is 152 Å². The van der Waals surface area contributed by atoms with Crippen molar-refractivity contribution in [2.45, 2.75) is 6.54 Å². The number of nitro groups is 1. The van der Waals surface area contributed by atoms with Gasteiger partial charge < -0.3 is 4.42 Å². The van der Waals surface area contributed by atoms with Gasteiger partial charge in [-0.2, -0.15) is 4.80 Å². The molecule has 0 fully saturated rings. The topological polar surface area (TPSA) is 129 Å². The van der Waals surface area contributed by atoms with Crippen molar-refractivity contribution in [3.8, 4) is 11.3 Å². The average molecular weight is 366 g/mol. The lowest BCUT2D eigenvalue weighted by molar-refractivity contribution is -0.384. The van der Waals surface area contributed by atoms with Crippen molar-refractivity contribution < 1.29 is 14.1 Å². The molecule has 0 spiro atoms. The van der Waals surface area contributed by atoms with Crippen molar-refractivity contribution in [1.29, 1.82) is 0 Å². The van der Waals surface area contributed by atoms with Gasteiger partial charge in [0.1, 0.15) is 11.5 Å². The van der Waals surface area contributed by atoms with Gasteiger partial charge in [0, 0.05) is 12.1 Å². The standard InChI is InChI=1S/C17H14N6O4/c1-2-11-22-20-17(19-21-22)18-16(24)10-8-12-7-9-15(27-12)13-5-3-4-6-14(13)23(25)26/h2-10H,1,11H2,(H,18,20,24)/b10-8+. The monoisotopic (exact) mass is 366 g/mol. The van der Waals surface area contributed by atoms with Crippen LogP contribution in [0.3, 0.4) is 0 Å². The van der Waals surface area contributed by atoms with Crippen LogP contribution in [0.5, 0.6) is 0 Å². The predicted molar refractivity (Wildman–Crippen MR) is 96.5 cm³/mol. The lowest BCUT2D eigenvalue weighted by Gasteiger charge is -1.98. The summed E-state index contributed by atoms with van der Waals surface area (Å²) in [6.45, 7) is 3.93. The van der Waals surface area contributed by atoms with Crippen molar-refractivity contribution in [3.05, 3.63) is 71.0 Å². The zero-order valence-electron chi connectivity index (χ0n) is 14.0. The molecule has 0 bridgehead atoms. The van der Waals surface area contributed by atoms with Crippen LogP contribution in [0, 0.1) is 10.1 Å². The minimum absolute atomic E-state index is 0.0613. The number of hydrogen-bond donors (Lipinski definition) is 1. The molecule has 3 rings (SSSR count). The minimum Gasteiger partial charge on any atom is -0.456 e. The molecule has 0 unspecified atom stereocenters. The molecule has 10 heteroatoms. The number of anilines is 1. The third-order valence-electron chi connectivity index (χ3n) is 3.37. The molecule has 10 nitrogen and oxygen atoms in total. The number of allylic oxidation sites excluding steroid dienone is 1. The third kappa shape index (κ3) is 4.31. The number of rotatable bonds is 7. The van der Waals surface area contributed by atoms with Gasteiger partial charge in [0.15, 0.2) is 0 Å². The number of amides is 1. The van der Waals surface area contributed by atoms with Gasteiger partial charge >= 0.3 is 0 Å². The van der Waals surface area contributed by atoms with Crippen LogP contribution in [-0.2, 0) is 11.3 Å². The SMILES string of the molecule is C=CCn1nnc(NC(=O)/C=C/c2ccc(-c3ccccc3[N+](=O)[O-])o2)n1. The predicted octanol–water partition coefficient (Wildman–Crippen LogP) is 2.68. The molecule has 2 heterocycles. The fourth-order valence-corrected chi connectivity index (χ4v) is 2.22. The molecule has 1 aromatic carbocycles. The van der Waals surface area contributed by atoms with Crippen LogP contribution >= 0.6 is 0 Å². The quantitative estimate of drug-likeness (QED) is 0.294. The lowest BCUT2D eigenvalue weighted by atomic mass is 10.1. The number of furan rings is 1. The molecule has 136 valence electrons. The highest BCUT2D eigenvalue weighted by molar-refractivity contribution is 6.00. The second kappa shape index (κ2) is 7.87. The van der Waals surface area contributed by atoms with Crippen LogP contribution < -0.4 is 5.32 Å². The number of hydrogen-bond acceptors (Lipinski definition) is 7. The zero-order chi connectivity index (χ0) is 19.2. The Hall–Kier alpha value is -4.08. The third-order valence-corrected chi connectivity index (χ3v) is 3.37. The zero-order valence-corrected chi connectivity index (χ0v) is 14.0. The van der Waals surface area contributed by atoms with Crippen LogP contribution in [0.15, 0.2) is 59.5 Å². The molecular formula is C17H14N6O4. The first-order valence-electron chi connectivity index (χ1n) is 7.78. The van der Waals surface area contributed by atoms with E-state index in [-0.39, 0.29) is 11.6 Å². The van der Waals surface area contributed by atoms with Gasteiger partial charge in [-0.05, 0) is 29.5 Å². The fraction of sp³-hybridized carbons (Fsp3) is 0.0588. The smallest absolute Gasteiger partial charge is 0.280 e. The van der Waals surface area contributed by atoms with E-state index in [1.165, 1.54) is 23.0 Å². The summed E-state index contributed by atoms with van der Waals surface area (Å²) in [4.78, 5) is 23.8. The van der Waals surface area contributed by atoms with Crippen LogP contribution in [0.4, 0.5) is 11.6 Å². The first-order valence-corrected chi connectivity index (χ1v) is 7.78. The first-order chi connectivity index (χ1) is 13.1. The van der Waals surface area contributed by atoms with E-state index in [0.717, 1.165) is 0 Å². The van der Waals surface area contributed by atoms with Gasteiger partial charge in [-0.3, -0.25) is 20.2 Å². The van der Waals surface area contributed by atoms with Gasteiger partial charge in [-0.1, -0.05) is 23.3 Å². The summed E-state index contributed by atoms with van der Waals surface area (Å²) in [5, 5.41) is 24.9. The van der Waals surface area contributed by atoms with Crippen LogP contribution in [0.1, 0.15) is 5.76 Å². The summed E-state index contributed by atoms with van der Waals surface area (Å²) in [6, 6.07) is 9.45. The van der Waals surface area contributed by atoms with Crippen molar-refractivity contribution in [2.75, 3.05) is 5.32 Å². The fourth-order valence-electron chi connectivity index (χ4n) is 2.22. The van der Waals surface area contributed by atoms with Gasteiger partial charge in [-0.25, -0.2) is 0 Å². The Balaban J connectivity index is 1.69. The normalized spacial score (nSPS) is 10.8. The van der Waals surface area contributed by atoms with Gasteiger partial charge in [0.25, 0.3) is 17.5 Å². The number of carbonyl (C=O) groups excluding carboxylic acids is 1. The van der Waals surface area contributed by atoms with E-state index < -0.39 is 10.8 Å². The maximum absolute atomic E-state index is 11.9. The minimum atomic E-state index is -0.479. The molecule has 2 aromatic heterocycles. The highest BCUT2D eigenvalue weighted by atomic mass is 16.6. The molecule has 0 aliphatic heterocycles. The van der Waals surface area contributed by atoms with Crippen molar-refractivity contribution >= 4 is 23.6 Å². The number of tetrazole rings is 1. The van der Waals surface area contributed by atoms with E-state index in [4.69, 9.17) is 4.42 Å². The number of para-hydroxylation sites is 1. The Kier molecular flexibility index (Phi) is 5.17. The number of nitrogens with zero attached hydrogens (tertiary/aromatic N) is 5. The highest BCUT2D eigenvalue weighted by Gasteiger charge is 2.16. The molecule has 1 N–H and O–H groups in total. The Morgan fingerprint density at radius 1 is 1.33 bits per heavy atom. The van der Waals surface area contributed by atoms with Crippen molar-refractivity contribution in [3.63, 3.8) is 0 Å². The maximum atomic E-state index is 11.9. The molecule has 27 heavy (non-hydrogen) atoms. The molecule has 0 aliphatic rings. The second-order valence-electron chi connectivity index (χ2n) is 5.26. The van der Waals surface area contributed by atoms with Crippen LogP contribution in [0.25, 0.3) is 17.4 Å². The van der Waals surface area contributed by atoms with E-state index in [9.17, 15) is 14.9 Å². The summed E-state index contributed by atoms with van der Waals surface area (Å²) in [7, 11) is 0. The summed E-state index contributed by atoms with van der Waals surface area (Å²) < 4.78 is 5.57. The van der Waals surface area contributed by atoms with Gasteiger partial charge in [-0.15, -0.1) is 11.7 Å². The average Bonchev–Trinajstić information content (AvgIpc) is 3.30. The summed E-state index contributed by atoms with van der Waals surface area (Å²) in [6.07, 6.45) is 4.26. The first kappa shape index (κ1) is 17.7. The molecule has 0 aliphatic carbocycles. The van der Waals surface area contributed by atoms with Crippen LogP contribution in [-0.4, -0.2) is 31.0 Å². The van der Waals surface area contributed by atoms with E-state index in [2.05, 4.69) is 27.3 Å². The number of aromatic nitrogens is 4. The highest BCUT2D eigenvalue weighted by Crippen LogP contribution is 2.31. The molecule has 0 atom stereocenters. The second-order valence-corrected chi connectivity index (χ2v) is 5.26. The van der Waals surface area contributed by atoms with E-state index in [0.29, 0.717) is 23.6 Å². The summed E-state index contributed by atoms with van der Waals surface area (Å²) in [5.74, 6) is 0.279. The Morgan fingerprint density at radius 3 is 2.93 bits per heavy atom. The number of benzene rings is 1. The van der Waals surface area contributed by atoms with E-state index in [1.54, 1.807) is 36.4 Å². The Bertz CT molecular complexity index is 1020. The van der Waals surface area contributed by atoms with Crippen LogP contribution in [0.2, 0.25) is 0 Å². The van der Waals surface area contributed by atoms with Gasteiger partial charge in [0.2, 0.25) is 0 Å². The summed E-state index contributed by atoms with van der Waals surface area (Å²) >= 11 is 0. The number of nitro benzene ring substituents is 1. The molecule has 0 saturated heterocycles. The van der Waals surface area contributed by atoms with Gasteiger partial charge in [0.05, 0.1) is 17.0 Å². The molecule has 0 radical (unpaired) electrons.